The largest absolute Gasteiger partial charge is 0.472 e. The van der Waals surface area contributed by atoms with Gasteiger partial charge in [-0.3, -0.25) is 37.3 Å². The molecule has 0 aliphatic heterocycles. The van der Waals surface area contributed by atoms with Crippen LogP contribution in [-0.2, 0) is 65.4 Å². The number of phosphoric ester groups is 2. The average molecular weight is 1420 g/mol. The summed E-state index contributed by atoms with van der Waals surface area (Å²) in [6.45, 7) is 7.26. The number of phosphoric acid groups is 2. The van der Waals surface area contributed by atoms with Gasteiger partial charge in [-0.25, -0.2) is 9.13 Å². The first-order chi connectivity index (χ1) is 47.1. The lowest BCUT2D eigenvalue weighted by atomic mass is 9.99. The van der Waals surface area contributed by atoms with Crippen molar-refractivity contribution in [2.75, 3.05) is 39.6 Å². The molecule has 0 spiro atoms. The Kier molecular flexibility index (Phi) is 69.6. The van der Waals surface area contributed by atoms with E-state index in [4.69, 9.17) is 37.0 Å². The van der Waals surface area contributed by atoms with E-state index in [2.05, 4.69) is 34.6 Å². The Morgan fingerprint density at radius 3 is 0.732 bits per heavy atom. The maximum Gasteiger partial charge on any atom is 0.472 e. The smallest absolute Gasteiger partial charge is 0.462 e. The van der Waals surface area contributed by atoms with Crippen molar-refractivity contribution in [3.63, 3.8) is 0 Å². The van der Waals surface area contributed by atoms with Gasteiger partial charge in [0.1, 0.15) is 19.3 Å². The Balaban J connectivity index is 5.17. The minimum Gasteiger partial charge on any atom is -0.462 e. The van der Waals surface area contributed by atoms with Crippen molar-refractivity contribution in [2.45, 2.75) is 432 Å². The van der Waals surface area contributed by atoms with E-state index in [0.717, 1.165) is 109 Å². The van der Waals surface area contributed by atoms with E-state index in [1.807, 2.05) is 0 Å². The van der Waals surface area contributed by atoms with E-state index in [-0.39, 0.29) is 25.7 Å². The van der Waals surface area contributed by atoms with Gasteiger partial charge in [0, 0.05) is 25.7 Å². The molecule has 6 atom stereocenters. The van der Waals surface area contributed by atoms with Crippen LogP contribution in [0.5, 0.6) is 0 Å². The number of aliphatic hydroxyl groups excluding tert-OH is 1. The van der Waals surface area contributed by atoms with Crippen LogP contribution < -0.4 is 0 Å². The zero-order chi connectivity index (χ0) is 71.2. The summed E-state index contributed by atoms with van der Waals surface area (Å²) >= 11 is 0. The summed E-state index contributed by atoms with van der Waals surface area (Å²) in [6.07, 6.45) is 61.3. The molecule has 0 aliphatic carbocycles. The minimum atomic E-state index is -4.96. The quantitative estimate of drug-likeness (QED) is 0.0222. The molecular formula is C78H152O17P2. The maximum absolute atomic E-state index is 13.1. The van der Waals surface area contributed by atoms with Crippen molar-refractivity contribution < 1.29 is 80.2 Å². The fraction of sp³-hybridized carbons (Fsp3) is 0.949. The van der Waals surface area contributed by atoms with Gasteiger partial charge in [0.25, 0.3) is 0 Å². The van der Waals surface area contributed by atoms with Crippen LogP contribution in [0.4, 0.5) is 0 Å². The molecule has 0 amide bonds. The summed E-state index contributed by atoms with van der Waals surface area (Å²) in [6, 6.07) is 0. The number of carbonyl (C=O) groups excluding carboxylic acids is 4. The second kappa shape index (κ2) is 71.1. The van der Waals surface area contributed by atoms with Crippen molar-refractivity contribution in [1.29, 1.82) is 0 Å². The van der Waals surface area contributed by atoms with E-state index in [9.17, 15) is 43.2 Å². The molecule has 0 bridgehead atoms. The Morgan fingerprint density at radius 1 is 0.289 bits per heavy atom. The van der Waals surface area contributed by atoms with Gasteiger partial charge in [-0.05, 0) is 31.6 Å². The second-order valence-electron chi connectivity index (χ2n) is 28.3. The number of rotatable bonds is 78. The van der Waals surface area contributed by atoms with Gasteiger partial charge in [0.2, 0.25) is 0 Å². The van der Waals surface area contributed by atoms with Gasteiger partial charge in [-0.2, -0.15) is 0 Å². The van der Waals surface area contributed by atoms with Crippen LogP contribution in [0, 0.1) is 5.92 Å². The van der Waals surface area contributed by atoms with Crippen molar-refractivity contribution in [1.82, 2.24) is 0 Å². The van der Waals surface area contributed by atoms with Crippen LogP contribution >= 0.6 is 15.6 Å². The number of esters is 4. The standard InChI is InChI=1S/C78H152O17P2/c1-6-10-13-16-19-21-23-25-27-29-31-33-35-37-39-41-47-52-57-62-76(81)89-68-74(94-77(82)63-58-53-48-42-40-38-36-34-32-30-28-26-24-22-20-17-14-11-7-2)70-93-97(86,87)91-66-72(79)65-90-96(84,85)92-69-73(67-88-75(80)61-56-51-45-18-15-12-8-3)95-78(83)64-59-54-49-44-43-46-50-55-60-71(5)9-4/h71-74,79H,6-70H2,1-5H3,(H,84,85)(H,86,87)/t71?,72-,73+,74+/m0/s1. The van der Waals surface area contributed by atoms with E-state index in [1.165, 1.54) is 225 Å². The number of aliphatic hydroxyl groups is 1. The molecule has 97 heavy (non-hydrogen) atoms. The maximum atomic E-state index is 13.1. The minimum absolute atomic E-state index is 0.105. The summed E-state index contributed by atoms with van der Waals surface area (Å²) in [7, 11) is -9.91. The first kappa shape index (κ1) is 95.1. The Bertz CT molecular complexity index is 1860. The van der Waals surface area contributed by atoms with Gasteiger partial charge in [-0.15, -0.1) is 0 Å². The van der Waals surface area contributed by atoms with Crippen molar-refractivity contribution in [3.05, 3.63) is 0 Å². The van der Waals surface area contributed by atoms with E-state index >= 15 is 0 Å². The molecule has 0 heterocycles. The summed E-state index contributed by atoms with van der Waals surface area (Å²) in [5, 5.41) is 10.6. The van der Waals surface area contributed by atoms with E-state index in [0.29, 0.717) is 25.7 Å². The molecule has 19 heteroatoms. The third-order valence-corrected chi connectivity index (χ3v) is 20.5. The van der Waals surface area contributed by atoms with E-state index in [1.54, 1.807) is 0 Å². The first-order valence-electron chi connectivity index (χ1n) is 40.7. The second-order valence-corrected chi connectivity index (χ2v) is 31.3. The van der Waals surface area contributed by atoms with Crippen molar-refractivity contribution in [2.24, 2.45) is 5.92 Å². The average Bonchev–Trinajstić information content (AvgIpc) is 1.22. The summed E-state index contributed by atoms with van der Waals surface area (Å²) in [5.41, 5.74) is 0. The monoisotopic (exact) mass is 1420 g/mol. The van der Waals surface area contributed by atoms with Gasteiger partial charge in [0.15, 0.2) is 12.2 Å². The Hall–Kier alpha value is -1.94. The zero-order valence-corrected chi connectivity index (χ0v) is 65.0. The van der Waals surface area contributed by atoms with Crippen molar-refractivity contribution >= 4 is 39.5 Å². The van der Waals surface area contributed by atoms with Gasteiger partial charge >= 0.3 is 39.5 Å². The van der Waals surface area contributed by atoms with Crippen LogP contribution in [0.15, 0.2) is 0 Å². The molecule has 0 saturated carbocycles. The van der Waals surface area contributed by atoms with Gasteiger partial charge in [-0.1, -0.05) is 362 Å². The Morgan fingerprint density at radius 2 is 0.495 bits per heavy atom. The predicted octanol–water partition coefficient (Wildman–Crippen LogP) is 23.3. The molecule has 0 aromatic carbocycles. The fourth-order valence-electron chi connectivity index (χ4n) is 12.0. The highest BCUT2D eigenvalue weighted by Gasteiger charge is 2.30. The van der Waals surface area contributed by atoms with Crippen LogP contribution in [0.25, 0.3) is 0 Å². The third-order valence-electron chi connectivity index (χ3n) is 18.6. The third kappa shape index (κ3) is 70.9. The highest BCUT2D eigenvalue weighted by Crippen LogP contribution is 2.45. The highest BCUT2D eigenvalue weighted by atomic mass is 31.2. The van der Waals surface area contributed by atoms with Crippen LogP contribution in [-0.4, -0.2) is 96.7 Å². The molecule has 0 aliphatic rings. The molecule has 0 rings (SSSR count). The first-order valence-corrected chi connectivity index (χ1v) is 43.7. The number of hydrogen-bond acceptors (Lipinski definition) is 15. The SMILES string of the molecule is CCCCCCCCCCCCCCCCCCCCCC(=O)OC[C@H](COP(=O)(O)OC[C@@H](O)COP(=O)(O)OC[C@@H](COC(=O)CCCCCCCCC)OC(=O)CCCCCCCCCCC(C)CC)OC(=O)CCCCCCCCCCCCCCCCCCCCC. The highest BCUT2D eigenvalue weighted by molar-refractivity contribution is 7.47. The summed E-state index contributed by atoms with van der Waals surface area (Å²) in [5.74, 6) is -1.35. The molecule has 0 aromatic heterocycles. The van der Waals surface area contributed by atoms with Crippen LogP contribution in [0.1, 0.15) is 413 Å². The Labute approximate surface area is 594 Å². The topological polar surface area (TPSA) is 237 Å². The molecule has 3 unspecified atom stereocenters. The number of ether oxygens (including phenoxy) is 4. The van der Waals surface area contributed by atoms with Gasteiger partial charge < -0.3 is 33.8 Å². The van der Waals surface area contributed by atoms with E-state index < -0.39 is 97.5 Å². The van der Waals surface area contributed by atoms with Gasteiger partial charge in [0.05, 0.1) is 26.4 Å². The molecule has 0 fully saturated rings. The summed E-state index contributed by atoms with van der Waals surface area (Å²) in [4.78, 5) is 72.7. The molecule has 3 N–H and O–H groups in total. The fourth-order valence-corrected chi connectivity index (χ4v) is 13.6. The number of hydrogen-bond donors (Lipinski definition) is 3. The molecular weight excluding hydrogens is 1270 g/mol. The van der Waals surface area contributed by atoms with Crippen LogP contribution in [0.2, 0.25) is 0 Å². The normalized spacial score (nSPS) is 14.2. The molecule has 576 valence electrons. The molecule has 0 saturated heterocycles. The number of carbonyl (C=O) groups is 4. The van der Waals surface area contributed by atoms with Crippen molar-refractivity contribution in [3.8, 4) is 0 Å². The number of unbranched alkanes of at least 4 members (excludes halogenated alkanes) is 49. The molecule has 0 aromatic rings. The zero-order valence-electron chi connectivity index (χ0n) is 63.2. The van der Waals surface area contributed by atoms with Crippen LogP contribution in [0.3, 0.4) is 0 Å². The lowest BCUT2D eigenvalue weighted by Gasteiger charge is -2.21. The molecule has 17 nitrogen and oxygen atoms in total. The lowest BCUT2D eigenvalue weighted by Crippen LogP contribution is -2.30. The lowest BCUT2D eigenvalue weighted by molar-refractivity contribution is -0.161. The summed E-state index contributed by atoms with van der Waals surface area (Å²) < 4.78 is 68.5. The predicted molar refractivity (Wildman–Crippen MR) is 395 cm³/mol. The molecule has 0 radical (unpaired) electrons.